The third-order valence-corrected chi connectivity index (χ3v) is 3.18. The van der Waals surface area contributed by atoms with E-state index >= 15 is 0 Å². The standard InChI is InChI=1S/C17H24O4/c1-11(2)10-21-16-9-12(3)14(8-13(16)4)15(18)6-7-17(19)20-5/h8-9,11H,6-7,10H2,1-5H3. The van der Waals surface area contributed by atoms with E-state index in [9.17, 15) is 9.59 Å². The first-order valence-corrected chi connectivity index (χ1v) is 7.19. The Labute approximate surface area is 126 Å². The van der Waals surface area contributed by atoms with Gasteiger partial charge >= 0.3 is 5.97 Å². The predicted octanol–water partition coefficient (Wildman–Crippen LogP) is 3.47. The second kappa shape index (κ2) is 7.81. The summed E-state index contributed by atoms with van der Waals surface area (Å²) in [6.45, 7) is 8.63. The van der Waals surface area contributed by atoms with Crippen LogP contribution in [0.5, 0.6) is 5.75 Å². The quantitative estimate of drug-likeness (QED) is 0.570. The number of ketones is 1. The lowest BCUT2D eigenvalue weighted by molar-refractivity contribution is -0.140. The number of hydrogen-bond donors (Lipinski definition) is 0. The first-order chi connectivity index (χ1) is 9.85. The summed E-state index contributed by atoms with van der Waals surface area (Å²) in [6.07, 6.45) is 0.276. The molecule has 0 N–H and O–H groups in total. The van der Waals surface area contributed by atoms with Crippen molar-refractivity contribution in [2.45, 2.75) is 40.5 Å². The summed E-state index contributed by atoms with van der Waals surface area (Å²) < 4.78 is 10.3. The van der Waals surface area contributed by atoms with Gasteiger partial charge in [-0.2, -0.15) is 0 Å². The van der Waals surface area contributed by atoms with Crippen molar-refractivity contribution in [3.63, 3.8) is 0 Å². The Morgan fingerprint density at radius 2 is 1.76 bits per heavy atom. The van der Waals surface area contributed by atoms with Crippen LogP contribution in [-0.2, 0) is 9.53 Å². The van der Waals surface area contributed by atoms with Crippen molar-refractivity contribution in [3.05, 3.63) is 28.8 Å². The third-order valence-electron chi connectivity index (χ3n) is 3.18. The Morgan fingerprint density at radius 1 is 1.10 bits per heavy atom. The second-order valence-electron chi connectivity index (χ2n) is 5.64. The maximum absolute atomic E-state index is 12.2. The van der Waals surface area contributed by atoms with E-state index in [1.165, 1.54) is 7.11 Å². The number of carbonyl (C=O) groups excluding carboxylic acids is 2. The topological polar surface area (TPSA) is 52.6 Å². The highest BCUT2D eigenvalue weighted by molar-refractivity contribution is 5.99. The Kier molecular flexibility index (Phi) is 6.40. The van der Waals surface area contributed by atoms with E-state index in [1.54, 1.807) is 0 Å². The van der Waals surface area contributed by atoms with Crippen molar-refractivity contribution in [2.24, 2.45) is 5.92 Å². The summed E-state index contributed by atoms with van der Waals surface area (Å²) in [4.78, 5) is 23.3. The highest BCUT2D eigenvalue weighted by Gasteiger charge is 2.14. The van der Waals surface area contributed by atoms with Crippen molar-refractivity contribution >= 4 is 11.8 Å². The molecule has 0 atom stereocenters. The molecule has 0 amide bonds. The normalized spacial score (nSPS) is 10.6. The van der Waals surface area contributed by atoms with Crippen molar-refractivity contribution < 1.29 is 19.1 Å². The van der Waals surface area contributed by atoms with Gasteiger partial charge in [-0.25, -0.2) is 0 Å². The molecule has 0 spiro atoms. The maximum Gasteiger partial charge on any atom is 0.305 e. The van der Waals surface area contributed by atoms with Crippen LogP contribution >= 0.6 is 0 Å². The molecule has 21 heavy (non-hydrogen) atoms. The van der Waals surface area contributed by atoms with Crippen LogP contribution in [0, 0.1) is 19.8 Å². The summed E-state index contributed by atoms with van der Waals surface area (Å²) in [5.74, 6) is 0.850. The molecule has 1 aromatic carbocycles. The highest BCUT2D eigenvalue weighted by Crippen LogP contribution is 2.24. The average Bonchev–Trinajstić information content (AvgIpc) is 2.44. The lowest BCUT2D eigenvalue weighted by atomic mass is 9.98. The van der Waals surface area contributed by atoms with Gasteiger partial charge in [-0.05, 0) is 43.0 Å². The van der Waals surface area contributed by atoms with Crippen LogP contribution in [0.4, 0.5) is 0 Å². The number of rotatable bonds is 7. The molecule has 0 bridgehead atoms. The fraction of sp³-hybridized carbons (Fsp3) is 0.529. The Balaban J connectivity index is 2.82. The number of hydrogen-bond acceptors (Lipinski definition) is 4. The molecule has 0 aromatic heterocycles. The monoisotopic (exact) mass is 292 g/mol. The molecule has 0 radical (unpaired) electrons. The van der Waals surface area contributed by atoms with E-state index in [1.807, 2.05) is 26.0 Å². The van der Waals surface area contributed by atoms with Crippen LogP contribution in [0.1, 0.15) is 48.2 Å². The van der Waals surface area contributed by atoms with Crippen LogP contribution in [0.15, 0.2) is 12.1 Å². The molecular weight excluding hydrogens is 268 g/mol. The molecular formula is C17H24O4. The van der Waals surface area contributed by atoms with Crippen molar-refractivity contribution in [1.29, 1.82) is 0 Å². The number of benzene rings is 1. The Bertz CT molecular complexity index is 518. The number of Topliss-reactive ketones (excluding diaryl/α,β-unsaturated/α-hetero) is 1. The van der Waals surface area contributed by atoms with Crippen LogP contribution < -0.4 is 4.74 Å². The van der Waals surface area contributed by atoms with Gasteiger partial charge in [0.05, 0.1) is 20.1 Å². The highest BCUT2D eigenvalue weighted by atomic mass is 16.5. The molecule has 4 heteroatoms. The van der Waals surface area contributed by atoms with Crippen molar-refractivity contribution in [2.75, 3.05) is 13.7 Å². The van der Waals surface area contributed by atoms with E-state index in [0.717, 1.165) is 16.9 Å². The van der Waals surface area contributed by atoms with Gasteiger partial charge in [0.2, 0.25) is 0 Å². The predicted molar refractivity (Wildman–Crippen MR) is 81.8 cm³/mol. The first kappa shape index (κ1) is 17.2. The zero-order valence-electron chi connectivity index (χ0n) is 13.5. The third kappa shape index (κ3) is 5.21. The summed E-state index contributed by atoms with van der Waals surface area (Å²) in [6, 6.07) is 3.73. The maximum atomic E-state index is 12.2. The van der Waals surface area contributed by atoms with Gasteiger partial charge in [0, 0.05) is 12.0 Å². The van der Waals surface area contributed by atoms with E-state index in [-0.39, 0.29) is 24.6 Å². The number of aryl methyl sites for hydroxylation is 2. The first-order valence-electron chi connectivity index (χ1n) is 7.19. The van der Waals surface area contributed by atoms with Crippen molar-refractivity contribution in [3.8, 4) is 5.75 Å². The molecule has 116 valence electrons. The molecule has 0 unspecified atom stereocenters. The summed E-state index contributed by atoms with van der Waals surface area (Å²) in [5.41, 5.74) is 2.45. The van der Waals surface area contributed by atoms with Crippen LogP contribution in [0.3, 0.4) is 0 Å². The van der Waals surface area contributed by atoms with Crippen LogP contribution in [0.25, 0.3) is 0 Å². The van der Waals surface area contributed by atoms with Crippen molar-refractivity contribution in [1.82, 2.24) is 0 Å². The fourth-order valence-corrected chi connectivity index (χ4v) is 1.95. The second-order valence-corrected chi connectivity index (χ2v) is 5.64. The fourth-order valence-electron chi connectivity index (χ4n) is 1.95. The molecule has 0 saturated heterocycles. The number of esters is 1. The van der Waals surface area contributed by atoms with Crippen LogP contribution in [-0.4, -0.2) is 25.5 Å². The zero-order chi connectivity index (χ0) is 16.0. The van der Waals surface area contributed by atoms with Gasteiger partial charge in [-0.3, -0.25) is 9.59 Å². The minimum atomic E-state index is -0.366. The van der Waals surface area contributed by atoms with E-state index in [2.05, 4.69) is 18.6 Å². The zero-order valence-corrected chi connectivity index (χ0v) is 13.5. The largest absolute Gasteiger partial charge is 0.493 e. The molecule has 0 fully saturated rings. The Morgan fingerprint density at radius 3 is 2.33 bits per heavy atom. The smallest absolute Gasteiger partial charge is 0.305 e. The molecule has 1 rings (SSSR count). The lowest BCUT2D eigenvalue weighted by Crippen LogP contribution is -2.09. The molecule has 0 saturated carbocycles. The number of carbonyl (C=O) groups is 2. The number of ether oxygens (including phenoxy) is 2. The van der Waals surface area contributed by atoms with E-state index in [4.69, 9.17) is 4.74 Å². The van der Waals surface area contributed by atoms with Gasteiger partial charge < -0.3 is 9.47 Å². The van der Waals surface area contributed by atoms with Gasteiger partial charge in [0.25, 0.3) is 0 Å². The average molecular weight is 292 g/mol. The summed E-state index contributed by atoms with van der Waals surface area (Å²) in [5, 5.41) is 0. The number of methoxy groups -OCH3 is 1. The molecule has 1 aromatic rings. The molecule has 0 aliphatic rings. The summed E-state index contributed by atoms with van der Waals surface area (Å²) in [7, 11) is 1.32. The molecule has 0 aliphatic heterocycles. The molecule has 0 heterocycles. The van der Waals surface area contributed by atoms with Gasteiger partial charge in [0.15, 0.2) is 5.78 Å². The molecule has 0 aliphatic carbocycles. The van der Waals surface area contributed by atoms with E-state index in [0.29, 0.717) is 18.1 Å². The SMILES string of the molecule is COC(=O)CCC(=O)c1cc(C)c(OCC(C)C)cc1C. The minimum Gasteiger partial charge on any atom is -0.493 e. The Hall–Kier alpha value is -1.84. The molecule has 4 nitrogen and oxygen atoms in total. The summed E-state index contributed by atoms with van der Waals surface area (Å²) >= 11 is 0. The van der Waals surface area contributed by atoms with Crippen LogP contribution in [0.2, 0.25) is 0 Å². The van der Waals surface area contributed by atoms with Gasteiger partial charge in [-0.15, -0.1) is 0 Å². The van der Waals surface area contributed by atoms with Gasteiger partial charge in [-0.1, -0.05) is 13.8 Å². The lowest BCUT2D eigenvalue weighted by Gasteiger charge is -2.14. The minimum absolute atomic E-state index is 0.0450. The van der Waals surface area contributed by atoms with Gasteiger partial charge in [0.1, 0.15) is 5.75 Å². The van der Waals surface area contributed by atoms with E-state index < -0.39 is 0 Å².